The third-order valence-corrected chi connectivity index (χ3v) is 6.29. The zero-order valence-electron chi connectivity index (χ0n) is 16.1. The summed E-state index contributed by atoms with van der Waals surface area (Å²) in [6.07, 6.45) is -3.05. The van der Waals surface area contributed by atoms with Gasteiger partial charge in [0, 0.05) is 17.3 Å². The van der Waals surface area contributed by atoms with Crippen molar-refractivity contribution in [3.05, 3.63) is 58.7 Å². The van der Waals surface area contributed by atoms with E-state index in [-0.39, 0.29) is 22.0 Å². The Kier molecular flexibility index (Phi) is 5.30. The van der Waals surface area contributed by atoms with E-state index in [0.29, 0.717) is 11.3 Å². The van der Waals surface area contributed by atoms with Gasteiger partial charge in [-0.2, -0.15) is 18.3 Å². The molecule has 3 rings (SSSR count). The van der Waals surface area contributed by atoms with Gasteiger partial charge < -0.3 is 4.52 Å². The highest BCUT2D eigenvalue weighted by Gasteiger charge is 2.31. The second-order valence-corrected chi connectivity index (χ2v) is 8.29. The van der Waals surface area contributed by atoms with E-state index in [1.54, 1.807) is 13.8 Å². The molecular weight excluding hydrogens is 409 g/mol. The average Bonchev–Trinajstić information content (AvgIpc) is 3.16. The number of benzene rings is 1. The first-order valence-electron chi connectivity index (χ1n) is 8.59. The number of sulfonamides is 1. The third-order valence-electron chi connectivity index (χ3n) is 4.50. The van der Waals surface area contributed by atoms with Crippen LogP contribution in [0.3, 0.4) is 0 Å². The number of aromatic nitrogens is 3. The van der Waals surface area contributed by atoms with E-state index in [0.717, 1.165) is 12.1 Å². The van der Waals surface area contributed by atoms with E-state index in [1.165, 1.54) is 36.9 Å². The van der Waals surface area contributed by atoms with Crippen LogP contribution < -0.4 is 4.72 Å². The highest BCUT2D eigenvalue weighted by Crippen LogP contribution is 2.31. The summed E-state index contributed by atoms with van der Waals surface area (Å²) >= 11 is 0. The minimum absolute atomic E-state index is 0.0349. The number of hydrogen-bond acceptors (Lipinski definition) is 5. The fraction of sp³-hybridized carbons (Fsp3) is 0.333. The summed E-state index contributed by atoms with van der Waals surface area (Å²) in [7, 11) is -3.92. The van der Waals surface area contributed by atoms with Gasteiger partial charge in [0.15, 0.2) is 5.76 Å². The maximum absolute atomic E-state index is 13.0. The van der Waals surface area contributed by atoms with Crippen molar-refractivity contribution in [2.24, 2.45) is 0 Å². The fourth-order valence-electron chi connectivity index (χ4n) is 3.14. The molecule has 0 aliphatic carbocycles. The standard InChI is InChI=1S/C18H19F3N4O3S/c1-10(24-29(26,27)17-11(2)23-28-13(17)4)16-9-22-25(12(16)3)15-7-5-6-14(8-15)18(19,20)21/h5-10,24H,1-4H3/t10-/m1/s1. The van der Waals surface area contributed by atoms with Gasteiger partial charge in [0.2, 0.25) is 10.0 Å². The van der Waals surface area contributed by atoms with Crippen LogP contribution in [0.1, 0.15) is 41.2 Å². The monoisotopic (exact) mass is 428 g/mol. The highest BCUT2D eigenvalue weighted by molar-refractivity contribution is 7.89. The molecule has 1 aromatic carbocycles. The molecule has 0 fully saturated rings. The predicted molar refractivity (Wildman–Crippen MR) is 98.0 cm³/mol. The van der Waals surface area contributed by atoms with Crippen LogP contribution >= 0.6 is 0 Å². The molecule has 0 spiro atoms. The van der Waals surface area contributed by atoms with Gasteiger partial charge in [-0.25, -0.2) is 17.8 Å². The zero-order valence-corrected chi connectivity index (χ0v) is 16.9. The maximum atomic E-state index is 13.0. The number of aryl methyl sites for hydroxylation is 2. The first kappa shape index (κ1) is 21.1. The number of rotatable bonds is 5. The molecule has 0 unspecified atom stereocenters. The van der Waals surface area contributed by atoms with Crippen molar-refractivity contribution in [3.63, 3.8) is 0 Å². The van der Waals surface area contributed by atoms with Gasteiger partial charge in [0.05, 0.1) is 17.4 Å². The molecule has 1 N–H and O–H groups in total. The van der Waals surface area contributed by atoms with Crippen LogP contribution in [0.25, 0.3) is 5.69 Å². The second-order valence-electron chi connectivity index (χ2n) is 6.64. The van der Waals surface area contributed by atoms with E-state index >= 15 is 0 Å². The topological polar surface area (TPSA) is 90.0 Å². The molecule has 29 heavy (non-hydrogen) atoms. The predicted octanol–water partition coefficient (Wildman–Crippen LogP) is 3.84. The van der Waals surface area contributed by atoms with Crippen LogP contribution in [0.4, 0.5) is 13.2 Å². The lowest BCUT2D eigenvalue weighted by Crippen LogP contribution is -2.28. The molecule has 3 aromatic rings. The SMILES string of the molecule is Cc1noc(C)c1S(=O)(=O)N[C@H](C)c1cnn(-c2cccc(C(F)(F)F)c2)c1C. The van der Waals surface area contributed by atoms with E-state index in [4.69, 9.17) is 4.52 Å². The van der Waals surface area contributed by atoms with E-state index in [2.05, 4.69) is 15.0 Å². The van der Waals surface area contributed by atoms with Crippen LogP contribution in [0.2, 0.25) is 0 Å². The van der Waals surface area contributed by atoms with Crippen LogP contribution in [0.5, 0.6) is 0 Å². The van der Waals surface area contributed by atoms with E-state index < -0.39 is 27.8 Å². The number of alkyl halides is 3. The Morgan fingerprint density at radius 3 is 2.48 bits per heavy atom. The normalized spacial score (nSPS) is 13.6. The number of nitrogens with zero attached hydrogens (tertiary/aromatic N) is 3. The molecule has 0 aliphatic rings. The van der Waals surface area contributed by atoms with Gasteiger partial charge in [0.25, 0.3) is 0 Å². The molecule has 0 radical (unpaired) electrons. The quantitative estimate of drug-likeness (QED) is 0.667. The number of halogens is 3. The summed E-state index contributed by atoms with van der Waals surface area (Å²) in [5.74, 6) is 0.165. The van der Waals surface area contributed by atoms with Crippen molar-refractivity contribution in [1.29, 1.82) is 0 Å². The van der Waals surface area contributed by atoms with Crippen molar-refractivity contribution in [2.45, 2.75) is 44.8 Å². The van der Waals surface area contributed by atoms with Gasteiger partial charge in [0.1, 0.15) is 10.6 Å². The third kappa shape index (κ3) is 4.06. The highest BCUT2D eigenvalue weighted by atomic mass is 32.2. The van der Waals surface area contributed by atoms with Crippen LogP contribution in [0.15, 0.2) is 39.9 Å². The summed E-state index contributed by atoms with van der Waals surface area (Å²) in [5.41, 5.74) is 0.706. The Hall–Kier alpha value is -2.66. The van der Waals surface area contributed by atoms with Crippen LogP contribution in [0, 0.1) is 20.8 Å². The van der Waals surface area contributed by atoms with Crippen molar-refractivity contribution < 1.29 is 26.1 Å². The second kappa shape index (κ2) is 7.30. The maximum Gasteiger partial charge on any atom is 0.416 e. The number of nitrogens with one attached hydrogen (secondary N) is 1. The lowest BCUT2D eigenvalue weighted by Gasteiger charge is -2.15. The molecular formula is C18H19F3N4O3S. The van der Waals surface area contributed by atoms with Gasteiger partial charge in [-0.05, 0) is 45.9 Å². The first-order chi connectivity index (χ1) is 13.4. The largest absolute Gasteiger partial charge is 0.416 e. The molecule has 156 valence electrons. The Morgan fingerprint density at radius 1 is 1.21 bits per heavy atom. The Bertz CT molecular complexity index is 1130. The molecule has 11 heteroatoms. The summed E-state index contributed by atoms with van der Waals surface area (Å²) in [6, 6.07) is 4.07. The van der Waals surface area contributed by atoms with E-state index in [1.807, 2.05) is 0 Å². The molecule has 2 heterocycles. The van der Waals surface area contributed by atoms with Crippen LogP contribution in [-0.2, 0) is 16.2 Å². The Balaban J connectivity index is 1.92. The lowest BCUT2D eigenvalue weighted by molar-refractivity contribution is -0.137. The number of hydrogen-bond donors (Lipinski definition) is 1. The molecule has 2 aromatic heterocycles. The molecule has 0 bridgehead atoms. The van der Waals surface area contributed by atoms with Crippen molar-refractivity contribution in [3.8, 4) is 5.69 Å². The molecule has 0 aliphatic heterocycles. The molecule has 0 saturated carbocycles. The van der Waals surface area contributed by atoms with Gasteiger partial charge in [-0.1, -0.05) is 11.2 Å². The summed E-state index contributed by atoms with van der Waals surface area (Å²) < 4.78 is 73.1. The summed E-state index contributed by atoms with van der Waals surface area (Å²) in [5, 5.41) is 7.79. The van der Waals surface area contributed by atoms with Crippen molar-refractivity contribution in [1.82, 2.24) is 19.7 Å². The van der Waals surface area contributed by atoms with Crippen LogP contribution in [-0.4, -0.2) is 23.4 Å². The van der Waals surface area contributed by atoms with Gasteiger partial charge in [-0.3, -0.25) is 0 Å². The van der Waals surface area contributed by atoms with Crippen molar-refractivity contribution >= 4 is 10.0 Å². The lowest BCUT2D eigenvalue weighted by atomic mass is 10.1. The molecule has 0 saturated heterocycles. The average molecular weight is 428 g/mol. The molecule has 0 amide bonds. The minimum atomic E-state index is -4.48. The molecule has 7 nitrogen and oxygen atoms in total. The van der Waals surface area contributed by atoms with Gasteiger partial charge in [-0.15, -0.1) is 0 Å². The Labute approximate surface area is 165 Å². The fourth-order valence-corrected chi connectivity index (χ4v) is 4.69. The first-order valence-corrected chi connectivity index (χ1v) is 10.1. The zero-order chi connectivity index (χ0) is 21.6. The molecule has 1 atom stereocenters. The van der Waals surface area contributed by atoms with Crippen molar-refractivity contribution in [2.75, 3.05) is 0 Å². The minimum Gasteiger partial charge on any atom is -0.360 e. The van der Waals surface area contributed by atoms with Gasteiger partial charge >= 0.3 is 6.18 Å². The summed E-state index contributed by atoms with van der Waals surface area (Å²) in [6.45, 7) is 6.29. The summed E-state index contributed by atoms with van der Waals surface area (Å²) in [4.78, 5) is -0.0349. The smallest absolute Gasteiger partial charge is 0.360 e. The van der Waals surface area contributed by atoms with E-state index in [9.17, 15) is 21.6 Å². The Morgan fingerprint density at radius 2 is 1.90 bits per heavy atom.